The molecular weight excluding hydrogens is 312 g/mol. The van der Waals surface area contributed by atoms with Gasteiger partial charge in [0.15, 0.2) is 0 Å². The number of aryl methyl sites for hydroxylation is 1. The van der Waals surface area contributed by atoms with Crippen LogP contribution in [-0.2, 0) is 17.8 Å². The Kier molecular flexibility index (Phi) is 5.08. The number of ether oxygens (including phenoxy) is 1. The fourth-order valence-corrected chi connectivity index (χ4v) is 3.07. The first kappa shape index (κ1) is 17.1. The van der Waals surface area contributed by atoms with Gasteiger partial charge in [-0.2, -0.15) is 0 Å². The number of carbonyl (C=O) groups excluding carboxylic acids is 1. The molecule has 4 heteroatoms. The summed E-state index contributed by atoms with van der Waals surface area (Å²) in [5, 5.41) is 4.05. The van der Waals surface area contributed by atoms with E-state index in [4.69, 9.17) is 4.74 Å². The van der Waals surface area contributed by atoms with Crippen molar-refractivity contribution in [1.29, 1.82) is 0 Å². The average Bonchev–Trinajstić information content (AvgIpc) is 2.93. The molecule has 25 heavy (non-hydrogen) atoms. The second kappa shape index (κ2) is 7.43. The Balaban J connectivity index is 1.94. The van der Waals surface area contributed by atoms with Gasteiger partial charge in [0, 0.05) is 37.1 Å². The smallest absolute Gasteiger partial charge is 0.216 e. The zero-order chi connectivity index (χ0) is 17.8. The van der Waals surface area contributed by atoms with Gasteiger partial charge in [0.1, 0.15) is 5.75 Å². The molecule has 3 aromatic rings. The molecule has 0 aliphatic heterocycles. The quantitative estimate of drug-likeness (QED) is 0.746. The molecule has 1 heterocycles. The molecule has 0 fully saturated rings. The highest BCUT2D eigenvalue weighted by atomic mass is 16.5. The largest absolute Gasteiger partial charge is 0.497 e. The lowest BCUT2D eigenvalue weighted by Gasteiger charge is -2.07. The molecule has 130 valence electrons. The van der Waals surface area contributed by atoms with E-state index in [-0.39, 0.29) is 5.91 Å². The van der Waals surface area contributed by atoms with Crippen LogP contribution >= 0.6 is 0 Å². The number of hydrogen-bond acceptors (Lipinski definition) is 2. The number of rotatable bonds is 6. The van der Waals surface area contributed by atoms with Gasteiger partial charge in [0.25, 0.3) is 0 Å². The lowest BCUT2D eigenvalue weighted by molar-refractivity contribution is -0.118. The lowest BCUT2D eigenvalue weighted by Crippen LogP contribution is -2.22. The molecule has 0 aliphatic rings. The summed E-state index contributed by atoms with van der Waals surface area (Å²) in [6.45, 7) is 5.10. The van der Waals surface area contributed by atoms with E-state index < -0.39 is 0 Å². The maximum atomic E-state index is 11.1. The Hall–Kier alpha value is -2.75. The first-order chi connectivity index (χ1) is 12.1. The Morgan fingerprint density at radius 2 is 1.92 bits per heavy atom. The van der Waals surface area contributed by atoms with Crippen molar-refractivity contribution in [1.82, 2.24) is 9.88 Å². The zero-order valence-electron chi connectivity index (χ0n) is 15.0. The minimum absolute atomic E-state index is 0.000902. The first-order valence-electron chi connectivity index (χ1n) is 8.52. The Bertz CT molecular complexity index is 879. The maximum Gasteiger partial charge on any atom is 0.216 e. The highest BCUT2D eigenvalue weighted by molar-refractivity contribution is 5.85. The van der Waals surface area contributed by atoms with Crippen LogP contribution in [0.15, 0.2) is 48.7 Å². The molecule has 0 atom stereocenters. The van der Waals surface area contributed by atoms with Crippen molar-refractivity contribution in [2.45, 2.75) is 26.8 Å². The van der Waals surface area contributed by atoms with E-state index in [9.17, 15) is 4.79 Å². The van der Waals surface area contributed by atoms with Gasteiger partial charge < -0.3 is 14.6 Å². The van der Waals surface area contributed by atoms with Crippen LogP contribution in [0.1, 0.15) is 23.6 Å². The summed E-state index contributed by atoms with van der Waals surface area (Å²) in [7, 11) is 1.68. The van der Waals surface area contributed by atoms with Crippen LogP contribution in [0.4, 0.5) is 0 Å². The number of aromatic nitrogens is 1. The maximum absolute atomic E-state index is 11.1. The third-order valence-electron chi connectivity index (χ3n) is 4.41. The van der Waals surface area contributed by atoms with Gasteiger partial charge in [-0.05, 0) is 42.7 Å². The SMILES string of the molecule is COc1ccc2c(c1)c(CCNC(C)=O)cn2Cc1ccc(C)cc1. The van der Waals surface area contributed by atoms with E-state index in [0.717, 1.165) is 18.7 Å². The average molecular weight is 336 g/mol. The van der Waals surface area contributed by atoms with Crippen LogP contribution < -0.4 is 10.1 Å². The van der Waals surface area contributed by atoms with Gasteiger partial charge in [0.05, 0.1) is 7.11 Å². The van der Waals surface area contributed by atoms with Crippen molar-refractivity contribution in [2.75, 3.05) is 13.7 Å². The molecule has 0 spiro atoms. The molecule has 1 amide bonds. The van der Waals surface area contributed by atoms with Crippen molar-refractivity contribution >= 4 is 16.8 Å². The summed E-state index contributed by atoms with van der Waals surface area (Å²) in [4.78, 5) is 11.1. The third-order valence-corrected chi connectivity index (χ3v) is 4.41. The fraction of sp³-hybridized carbons (Fsp3) is 0.286. The van der Waals surface area contributed by atoms with Crippen LogP contribution in [0.5, 0.6) is 5.75 Å². The Morgan fingerprint density at radius 1 is 1.16 bits per heavy atom. The van der Waals surface area contributed by atoms with Crippen LogP contribution in [-0.4, -0.2) is 24.1 Å². The third kappa shape index (κ3) is 4.02. The van der Waals surface area contributed by atoms with E-state index in [0.29, 0.717) is 6.54 Å². The molecule has 0 radical (unpaired) electrons. The highest BCUT2D eigenvalue weighted by Crippen LogP contribution is 2.27. The summed E-state index contributed by atoms with van der Waals surface area (Å²) >= 11 is 0. The molecule has 0 unspecified atom stereocenters. The van der Waals surface area contributed by atoms with Gasteiger partial charge in [0.2, 0.25) is 5.91 Å². The molecule has 0 saturated heterocycles. The van der Waals surface area contributed by atoms with E-state index in [1.54, 1.807) is 14.0 Å². The second-order valence-electron chi connectivity index (χ2n) is 6.38. The lowest BCUT2D eigenvalue weighted by atomic mass is 10.1. The van der Waals surface area contributed by atoms with Crippen molar-refractivity contribution in [3.05, 3.63) is 65.4 Å². The van der Waals surface area contributed by atoms with Gasteiger partial charge in [-0.3, -0.25) is 4.79 Å². The van der Waals surface area contributed by atoms with Gasteiger partial charge >= 0.3 is 0 Å². The number of nitrogens with zero attached hydrogens (tertiary/aromatic N) is 1. The summed E-state index contributed by atoms with van der Waals surface area (Å²) < 4.78 is 7.65. The molecule has 4 nitrogen and oxygen atoms in total. The molecular formula is C21H24N2O2. The van der Waals surface area contributed by atoms with Crippen LogP contribution in [0, 0.1) is 6.92 Å². The van der Waals surface area contributed by atoms with E-state index in [1.165, 1.54) is 27.6 Å². The number of nitrogens with one attached hydrogen (secondary N) is 1. The number of carbonyl (C=O) groups is 1. The molecule has 0 aliphatic carbocycles. The summed E-state index contributed by atoms with van der Waals surface area (Å²) in [6, 6.07) is 14.8. The molecule has 0 saturated carbocycles. The normalized spacial score (nSPS) is 10.8. The van der Waals surface area contributed by atoms with E-state index >= 15 is 0 Å². The minimum atomic E-state index is 0.000902. The predicted molar refractivity (Wildman–Crippen MR) is 101 cm³/mol. The molecule has 0 bridgehead atoms. The second-order valence-corrected chi connectivity index (χ2v) is 6.38. The topological polar surface area (TPSA) is 43.3 Å². The summed E-state index contributed by atoms with van der Waals surface area (Å²) in [5.74, 6) is 0.849. The molecule has 1 aromatic heterocycles. The number of hydrogen-bond donors (Lipinski definition) is 1. The van der Waals surface area contributed by atoms with Crippen molar-refractivity contribution in [2.24, 2.45) is 0 Å². The predicted octanol–water partition coefficient (Wildman–Crippen LogP) is 3.69. The van der Waals surface area contributed by atoms with Gasteiger partial charge in [-0.25, -0.2) is 0 Å². The van der Waals surface area contributed by atoms with Crippen LogP contribution in [0.2, 0.25) is 0 Å². The first-order valence-corrected chi connectivity index (χ1v) is 8.52. The number of amides is 1. The minimum Gasteiger partial charge on any atom is -0.497 e. The van der Waals surface area contributed by atoms with Gasteiger partial charge in [-0.15, -0.1) is 0 Å². The summed E-state index contributed by atoms with van der Waals surface area (Å²) in [6.07, 6.45) is 2.98. The monoisotopic (exact) mass is 336 g/mol. The standard InChI is InChI=1S/C21H24N2O2/c1-15-4-6-17(7-5-15)13-23-14-18(10-11-22-16(2)24)20-12-19(25-3)8-9-21(20)23/h4-9,12,14H,10-11,13H2,1-3H3,(H,22,24). The number of methoxy groups -OCH3 is 1. The Morgan fingerprint density at radius 3 is 2.60 bits per heavy atom. The van der Waals surface area contributed by atoms with Gasteiger partial charge in [-0.1, -0.05) is 29.8 Å². The number of benzene rings is 2. The highest BCUT2D eigenvalue weighted by Gasteiger charge is 2.10. The summed E-state index contributed by atoms with van der Waals surface area (Å²) in [5.41, 5.74) is 4.93. The van der Waals surface area contributed by atoms with Crippen LogP contribution in [0.25, 0.3) is 10.9 Å². The van der Waals surface area contributed by atoms with Crippen molar-refractivity contribution < 1.29 is 9.53 Å². The van der Waals surface area contributed by atoms with Crippen molar-refractivity contribution in [3.63, 3.8) is 0 Å². The molecule has 2 aromatic carbocycles. The number of fused-ring (bicyclic) bond motifs is 1. The van der Waals surface area contributed by atoms with Crippen molar-refractivity contribution in [3.8, 4) is 5.75 Å². The van der Waals surface area contributed by atoms with E-state index in [2.05, 4.69) is 59.4 Å². The Labute approximate surface area is 148 Å². The zero-order valence-corrected chi connectivity index (χ0v) is 15.0. The van der Waals surface area contributed by atoms with E-state index in [1.807, 2.05) is 6.07 Å². The molecule has 3 rings (SSSR count). The molecule has 1 N–H and O–H groups in total. The fourth-order valence-electron chi connectivity index (χ4n) is 3.07. The van der Waals surface area contributed by atoms with Crippen LogP contribution in [0.3, 0.4) is 0 Å².